The van der Waals surface area contributed by atoms with Crippen LogP contribution in [0.4, 0.5) is 5.69 Å². The lowest BCUT2D eigenvalue weighted by Crippen LogP contribution is -2.62. The molecule has 1 aromatic rings. The number of amides is 3. The molecule has 1 saturated heterocycles. The lowest BCUT2D eigenvalue weighted by atomic mass is 9.98. The molecule has 172 valence electrons. The van der Waals surface area contributed by atoms with Gasteiger partial charge < -0.3 is 19.3 Å². The number of anilines is 1. The van der Waals surface area contributed by atoms with Gasteiger partial charge in [-0.15, -0.1) is 0 Å². The molecule has 0 radical (unpaired) electrons. The quantitative estimate of drug-likeness (QED) is 0.547. The van der Waals surface area contributed by atoms with Crippen LogP contribution in [0.25, 0.3) is 0 Å². The Kier molecular flexibility index (Phi) is 6.81. The minimum Gasteiger partial charge on any atom is -0.468 e. The van der Waals surface area contributed by atoms with Gasteiger partial charge >= 0.3 is 11.9 Å². The zero-order valence-electron chi connectivity index (χ0n) is 18.5. The Bertz CT molecular complexity index is 929. The largest absolute Gasteiger partial charge is 0.468 e. The number of methoxy groups -OCH3 is 2. The monoisotopic (exact) mass is 445 g/mol. The van der Waals surface area contributed by atoms with Crippen LogP contribution in [-0.4, -0.2) is 79.0 Å². The van der Waals surface area contributed by atoms with E-state index in [1.807, 2.05) is 6.92 Å². The molecule has 0 N–H and O–H groups in total. The molecule has 3 rings (SSSR count). The number of benzene rings is 1. The third-order valence-corrected chi connectivity index (χ3v) is 5.97. The molecule has 2 aliphatic heterocycles. The molecule has 32 heavy (non-hydrogen) atoms. The second kappa shape index (κ2) is 9.37. The van der Waals surface area contributed by atoms with Crippen LogP contribution in [0, 0.1) is 0 Å². The number of fused-ring (bicyclic) bond motifs is 3. The molecule has 2 heterocycles. The number of carbonyl (C=O) groups is 5. The molecule has 0 aromatic heterocycles. The van der Waals surface area contributed by atoms with Crippen molar-refractivity contribution in [3.8, 4) is 0 Å². The van der Waals surface area contributed by atoms with Crippen LogP contribution < -0.4 is 4.90 Å². The topological polar surface area (TPSA) is 114 Å². The highest BCUT2D eigenvalue weighted by atomic mass is 16.5. The summed E-state index contributed by atoms with van der Waals surface area (Å²) in [6, 6.07) is 7.01. The third kappa shape index (κ3) is 4.30. The van der Waals surface area contributed by atoms with Crippen molar-refractivity contribution in [3.63, 3.8) is 0 Å². The van der Waals surface area contributed by atoms with Crippen molar-refractivity contribution in [2.24, 2.45) is 0 Å². The minimum atomic E-state index is -0.802. The van der Waals surface area contributed by atoms with Crippen molar-refractivity contribution in [2.75, 3.05) is 38.8 Å². The number of esters is 2. The summed E-state index contributed by atoms with van der Waals surface area (Å²) in [5.41, 5.74) is 0.255. The van der Waals surface area contributed by atoms with E-state index in [0.29, 0.717) is 30.5 Å². The Labute approximate surface area is 186 Å². The van der Waals surface area contributed by atoms with E-state index in [4.69, 9.17) is 0 Å². The Morgan fingerprint density at radius 3 is 2.31 bits per heavy atom. The lowest BCUT2D eigenvalue weighted by molar-refractivity contribution is -0.152. The highest BCUT2D eigenvalue weighted by Gasteiger charge is 2.52. The molecule has 1 unspecified atom stereocenters. The van der Waals surface area contributed by atoms with Gasteiger partial charge in [-0.2, -0.15) is 0 Å². The molecule has 2 aliphatic rings. The molecule has 0 saturated carbocycles. The number of ether oxygens (including phenoxy) is 2. The fourth-order valence-corrected chi connectivity index (χ4v) is 4.26. The fourth-order valence-electron chi connectivity index (χ4n) is 4.26. The van der Waals surface area contributed by atoms with Crippen LogP contribution in [0.2, 0.25) is 0 Å². The third-order valence-electron chi connectivity index (χ3n) is 5.97. The van der Waals surface area contributed by atoms with Crippen LogP contribution in [0.15, 0.2) is 24.3 Å². The predicted molar refractivity (Wildman–Crippen MR) is 112 cm³/mol. The molecule has 1 atom stereocenters. The Morgan fingerprint density at radius 2 is 1.69 bits per heavy atom. The van der Waals surface area contributed by atoms with Gasteiger partial charge in [0.25, 0.3) is 5.91 Å². The van der Waals surface area contributed by atoms with Gasteiger partial charge in [0.05, 0.1) is 25.5 Å². The second-order valence-electron chi connectivity index (χ2n) is 7.93. The number of hydrogen-bond donors (Lipinski definition) is 0. The second-order valence-corrected chi connectivity index (χ2v) is 7.93. The molecule has 0 spiro atoms. The molecule has 0 aliphatic carbocycles. The molecule has 10 heteroatoms. The van der Waals surface area contributed by atoms with Crippen molar-refractivity contribution in [3.05, 3.63) is 29.8 Å². The summed E-state index contributed by atoms with van der Waals surface area (Å²) < 4.78 is 9.18. The number of carbonyl (C=O) groups excluding carboxylic acids is 5. The molecule has 0 bridgehead atoms. The predicted octanol–water partition coefficient (Wildman–Crippen LogP) is 0.940. The summed E-state index contributed by atoms with van der Waals surface area (Å²) in [4.78, 5) is 66.1. The van der Waals surface area contributed by atoms with E-state index in [-0.39, 0.29) is 37.9 Å². The average molecular weight is 445 g/mol. The van der Waals surface area contributed by atoms with Gasteiger partial charge in [0.15, 0.2) is 0 Å². The summed E-state index contributed by atoms with van der Waals surface area (Å²) in [7, 11) is 2.39. The highest BCUT2D eigenvalue weighted by Crippen LogP contribution is 2.44. The van der Waals surface area contributed by atoms with Gasteiger partial charge in [-0.1, -0.05) is 12.1 Å². The van der Waals surface area contributed by atoms with Crippen molar-refractivity contribution in [1.82, 2.24) is 9.80 Å². The molecular weight excluding hydrogens is 418 g/mol. The van der Waals surface area contributed by atoms with E-state index >= 15 is 0 Å². The lowest BCUT2D eigenvalue weighted by Gasteiger charge is -2.48. The Hall–Kier alpha value is -3.43. The van der Waals surface area contributed by atoms with Gasteiger partial charge in [0.2, 0.25) is 11.8 Å². The first-order chi connectivity index (χ1) is 15.2. The standard InChI is InChI=1S/C22H27N3O7/c1-22-11-10-18(27)25(22)16-8-5-4-7-15(16)21(30)24(22)12-6-9-17(26)23(13-19(28)31-2)14-20(29)32-3/h4-5,7-8H,6,9-14H2,1-3H3. The van der Waals surface area contributed by atoms with Gasteiger partial charge in [-0.3, -0.25) is 28.9 Å². The van der Waals surface area contributed by atoms with Gasteiger partial charge in [0.1, 0.15) is 18.8 Å². The average Bonchev–Trinajstić information content (AvgIpc) is 3.10. The van der Waals surface area contributed by atoms with Crippen molar-refractivity contribution >= 4 is 35.3 Å². The van der Waals surface area contributed by atoms with E-state index in [9.17, 15) is 24.0 Å². The van der Waals surface area contributed by atoms with E-state index in [2.05, 4.69) is 9.47 Å². The van der Waals surface area contributed by atoms with Crippen LogP contribution in [0.1, 0.15) is 43.0 Å². The van der Waals surface area contributed by atoms with Gasteiger partial charge in [-0.05, 0) is 31.9 Å². The smallest absolute Gasteiger partial charge is 0.325 e. The van der Waals surface area contributed by atoms with Crippen molar-refractivity contribution in [1.29, 1.82) is 0 Å². The van der Waals surface area contributed by atoms with E-state index in [0.717, 1.165) is 4.90 Å². The first-order valence-corrected chi connectivity index (χ1v) is 10.4. The number of rotatable bonds is 8. The summed E-state index contributed by atoms with van der Waals surface area (Å²) in [5, 5.41) is 0. The molecule has 10 nitrogen and oxygen atoms in total. The summed E-state index contributed by atoms with van der Waals surface area (Å²) >= 11 is 0. The van der Waals surface area contributed by atoms with Crippen LogP contribution in [-0.2, 0) is 28.7 Å². The number of para-hydroxylation sites is 1. The first-order valence-electron chi connectivity index (χ1n) is 10.4. The minimum absolute atomic E-state index is 0.00341. The summed E-state index contributed by atoms with van der Waals surface area (Å²) in [6.07, 6.45) is 1.13. The van der Waals surface area contributed by atoms with Crippen LogP contribution >= 0.6 is 0 Å². The molecular formula is C22H27N3O7. The molecule has 1 fully saturated rings. The zero-order chi connectivity index (χ0) is 23.5. The molecule has 3 amide bonds. The molecule has 1 aromatic carbocycles. The van der Waals surface area contributed by atoms with E-state index < -0.39 is 23.5 Å². The van der Waals surface area contributed by atoms with Gasteiger partial charge in [0, 0.05) is 19.4 Å². The maximum atomic E-state index is 13.2. The zero-order valence-corrected chi connectivity index (χ0v) is 18.5. The van der Waals surface area contributed by atoms with Crippen molar-refractivity contribution in [2.45, 2.75) is 38.3 Å². The van der Waals surface area contributed by atoms with E-state index in [1.54, 1.807) is 34.1 Å². The number of nitrogens with zero attached hydrogens (tertiary/aromatic N) is 3. The highest BCUT2D eigenvalue weighted by molar-refractivity contribution is 6.10. The summed E-state index contributed by atoms with van der Waals surface area (Å²) in [5.74, 6) is -1.98. The maximum absolute atomic E-state index is 13.2. The summed E-state index contributed by atoms with van der Waals surface area (Å²) in [6.45, 7) is 1.35. The Morgan fingerprint density at radius 1 is 1.06 bits per heavy atom. The number of hydrogen-bond acceptors (Lipinski definition) is 7. The maximum Gasteiger partial charge on any atom is 0.325 e. The SMILES string of the molecule is COC(=O)CN(CC(=O)OC)C(=O)CCCN1C(=O)c2ccccc2N2C(=O)CCC12C. The Balaban J connectivity index is 1.72. The van der Waals surface area contributed by atoms with E-state index in [1.165, 1.54) is 14.2 Å². The first kappa shape index (κ1) is 23.2. The van der Waals surface area contributed by atoms with Crippen LogP contribution in [0.5, 0.6) is 0 Å². The van der Waals surface area contributed by atoms with Gasteiger partial charge in [-0.25, -0.2) is 0 Å². The van der Waals surface area contributed by atoms with Crippen molar-refractivity contribution < 1.29 is 33.4 Å². The van der Waals surface area contributed by atoms with Crippen LogP contribution in [0.3, 0.4) is 0 Å². The fraction of sp³-hybridized carbons (Fsp3) is 0.500. The normalized spacial score (nSPS) is 19.3.